The predicted octanol–water partition coefficient (Wildman–Crippen LogP) is 19.5. The van der Waals surface area contributed by atoms with Gasteiger partial charge in [0.1, 0.15) is 0 Å². The summed E-state index contributed by atoms with van der Waals surface area (Å²) in [6, 6.07) is 90.6. The van der Waals surface area contributed by atoms with Gasteiger partial charge in [0.2, 0.25) is 0 Å². The average molecular weight is 966 g/mol. The minimum Gasteiger partial charge on any atom is -0.308 e. The van der Waals surface area contributed by atoms with Gasteiger partial charge >= 0.3 is 0 Å². The van der Waals surface area contributed by atoms with Crippen LogP contribution in [-0.4, -0.2) is 14.5 Å². The highest BCUT2D eigenvalue weighted by molar-refractivity contribution is 6.13. The monoisotopic (exact) mass is 965 g/mol. The number of hydrogen-bond donors (Lipinski definition) is 0. The Morgan fingerprint density at radius 2 is 0.613 bits per heavy atom. The molecular formula is C72H59N3. The van der Waals surface area contributed by atoms with Crippen molar-refractivity contribution in [1.29, 1.82) is 0 Å². The largest absolute Gasteiger partial charge is 0.308 e. The molecule has 2 heterocycles. The molecule has 0 saturated carbocycles. The fourth-order valence-electron chi connectivity index (χ4n) is 10.6. The number of fused-ring (bicyclic) bond motifs is 3. The lowest BCUT2D eigenvalue weighted by Crippen LogP contribution is -2.10. The SMILES string of the molecule is CC(C)(C)c1ccc(-c2cc(-c3cc(-c4ccc(-c5ccccc5)cc4)nc(-c4ccccc4)n3)cc(-c3ccc(C(C)(C)C)cc3)c2-n2c3ccc(-c4ccccc4)cc3c3cc(-c4ccccc4)ccc32)cc1. The van der Waals surface area contributed by atoms with Crippen molar-refractivity contribution in [3.05, 3.63) is 260 Å². The second-order valence-electron chi connectivity index (χ2n) is 21.9. The first-order valence-corrected chi connectivity index (χ1v) is 26.1. The van der Waals surface area contributed by atoms with E-state index in [0.717, 1.165) is 72.6 Å². The third kappa shape index (κ3) is 9.28. The first-order valence-electron chi connectivity index (χ1n) is 26.1. The van der Waals surface area contributed by atoms with E-state index < -0.39 is 0 Å². The predicted molar refractivity (Wildman–Crippen MR) is 317 cm³/mol. The van der Waals surface area contributed by atoms with E-state index >= 15 is 0 Å². The molecule has 0 saturated heterocycles. The number of hydrogen-bond acceptors (Lipinski definition) is 2. The maximum Gasteiger partial charge on any atom is 0.160 e. The lowest BCUT2D eigenvalue weighted by Gasteiger charge is -2.23. The second kappa shape index (κ2) is 19.2. The summed E-state index contributed by atoms with van der Waals surface area (Å²) in [4.78, 5) is 10.8. The van der Waals surface area contributed by atoms with Crippen molar-refractivity contribution < 1.29 is 0 Å². The van der Waals surface area contributed by atoms with Gasteiger partial charge in [-0.2, -0.15) is 0 Å². The molecule has 0 unspecified atom stereocenters. The lowest BCUT2D eigenvalue weighted by molar-refractivity contribution is 0.590. The van der Waals surface area contributed by atoms with E-state index in [1.165, 1.54) is 49.7 Å². The highest BCUT2D eigenvalue weighted by Crippen LogP contribution is 2.46. The van der Waals surface area contributed by atoms with Gasteiger partial charge in [-0.25, -0.2) is 9.97 Å². The van der Waals surface area contributed by atoms with E-state index in [1.807, 2.05) is 6.07 Å². The summed E-state index contributed by atoms with van der Waals surface area (Å²) in [6.45, 7) is 13.7. The standard InChI is InChI=1S/C72H59N3/c1-71(2,3)59-37-31-52(32-38-59)61-45-58(66-47-65(73-70(74-66)55-25-17-10-18-26-55)54-29-27-51(28-30-54)48-19-11-7-12-20-48)46-62(53-33-39-60(40-34-53)72(4,5)6)69(61)75-67-41-35-56(49-21-13-8-14-22-49)43-63(67)64-44-57(36-42-68(64)75)50-23-15-9-16-24-50/h7-47H,1-6H3. The van der Waals surface area contributed by atoms with Gasteiger partial charge in [-0.15, -0.1) is 0 Å². The normalized spacial score (nSPS) is 11.9. The van der Waals surface area contributed by atoms with Gasteiger partial charge in [0, 0.05) is 38.6 Å². The Labute approximate surface area is 441 Å². The van der Waals surface area contributed by atoms with Crippen LogP contribution in [0.5, 0.6) is 0 Å². The summed E-state index contributed by atoms with van der Waals surface area (Å²) in [6.07, 6.45) is 0. The van der Waals surface area contributed by atoms with Crippen LogP contribution in [0.1, 0.15) is 52.7 Å². The molecule has 0 N–H and O–H groups in total. The quantitative estimate of drug-likeness (QED) is 0.144. The average Bonchev–Trinajstić information content (AvgIpc) is 3.79. The maximum atomic E-state index is 5.48. The fourth-order valence-corrected chi connectivity index (χ4v) is 10.6. The minimum absolute atomic E-state index is 0.0204. The number of nitrogens with zero attached hydrogens (tertiary/aromatic N) is 3. The molecule has 10 aromatic carbocycles. The molecule has 75 heavy (non-hydrogen) atoms. The molecule has 0 amide bonds. The van der Waals surface area contributed by atoms with Crippen LogP contribution in [0, 0.1) is 0 Å². The van der Waals surface area contributed by atoms with Gasteiger partial charge in [-0.1, -0.05) is 248 Å². The molecule has 0 atom stereocenters. The van der Waals surface area contributed by atoms with Gasteiger partial charge in [-0.05, 0) is 109 Å². The molecule has 3 heteroatoms. The molecule has 0 radical (unpaired) electrons. The summed E-state index contributed by atoms with van der Waals surface area (Å²) in [5.74, 6) is 0.678. The number of rotatable bonds is 9. The summed E-state index contributed by atoms with van der Waals surface area (Å²) in [7, 11) is 0. The van der Waals surface area contributed by atoms with Crippen molar-refractivity contribution in [2.24, 2.45) is 0 Å². The maximum absolute atomic E-state index is 5.48. The fraction of sp³-hybridized carbons (Fsp3) is 0.111. The zero-order valence-electron chi connectivity index (χ0n) is 43.5. The second-order valence-corrected chi connectivity index (χ2v) is 21.9. The molecular weight excluding hydrogens is 907 g/mol. The highest BCUT2D eigenvalue weighted by Gasteiger charge is 2.25. The summed E-state index contributed by atoms with van der Waals surface area (Å²) >= 11 is 0. The van der Waals surface area contributed by atoms with E-state index in [2.05, 4.69) is 289 Å². The minimum atomic E-state index is -0.0204. The van der Waals surface area contributed by atoms with E-state index in [9.17, 15) is 0 Å². The molecule has 0 aliphatic carbocycles. The smallest absolute Gasteiger partial charge is 0.160 e. The Morgan fingerprint density at radius 1 is 0.280 bits per heavy atom. The van der Waals surface area contributed by atoms with Crippen LogP contribution in [0.4, 0.5) is 0 Å². The molecule has 12 aromatic rings. The Morgan fingerprint density at radius 3 is 1.03 bits per heavy atom. The van der Waals surface area contributed by atoms with Crippen molar-refractivity contribution >= 4 is 21.8 Å². The Balaban J connectivity index is 1.17. The van der Waals surface area contributed by atoms with Crippen LogP contribution in [-0.2, 0) is 10.8 Å². The third-order valence-electron chi connectivity index (χ3n) is 14.8. The van der Waals surface area contributed by atoms with E-state index in [0.29, 0.717) is 5.82 Å². The van der Waals surface area contributed by atoms with Crippen LogP contribution in [0.15, 0.2) is 249 Å². The van der Waals surface area contributed by atoms with Crippen LogP contribution >= 0.6 is 0 Å². The first-order chi connectivity index (χ1) is 36.4. The molecule has 0 aliphatic rings. The van der Waals surface area contributed by atoms with Crippen molar-refractivity contribution in [3.63, 3.8) is 0 Å². The van der Waals surface area contributed by atoms with Crippen LogP contribution in [0.3, 0.4) is 0 Å². The molecule has 0 fully saturated rings. The van der Waals surface area contributed by atoms with Crippen molar-refractivity contribution in [2.45, 2.75) is 52.4 Å². The molecule has 0 aliphatic heterocycles. The molecule has 0 bridgehead atoms. The molecule has 0 spiro atoms. The molecule has 3 nitrogen and oxygen atoms in total. The Hall–Kier alpha value is -8.92. The summed E-state index contributed by atoms with van der Waals surface area (Å²) < 4.78 is 2.53. The van der Waals surface area contributed by atoms with Crippen LogP contribution in [0.2, 0.25) is 0 Å². The van der Waals surface area contributed by atoms with Crippen LogP contribution < -0.4 is 0 Å². The lowest BCUT2D eigenvalue weighted by atomic mass is 9.84. The molecule has 12 rings (SSSR count). The van der Waals surface area contributed by atoms with Gasteiger partial charge < -0.3 is 4.57 Å². The third-order valence-corrected chi connectivity index (χ3v) is 14.8. The molecule has 2 aromatic heterocycles. The first kappa shape index (κ1) is 47.1. The van der Waals surface area contributed by atoms with Gasteiger partial charge in [0.25, 0.3) is 0 Å². The van der Waals surface area contributed by atoms with Crippen molar-refractivity contribution in [2.75, 3.05) is 0 Å². The summed E-state index contributed by atoms with van der Waals surface area (Å²) in [5.41, 5.74) is 22.2. The summed E-state index contributed by atoms with van der Waals surface area (Å²) in [5, 5.41) is 2.39. The Kier molecular flexibility index (Phi) is 12.0. The Bertz CT molecular complexity index is 3820. The van der Waals surface area contributed by atoms with E-state index in [-0.39, 0.29) is 10.8 Å². The zero-order chi connectivity index (χ0) is 51.3. The molecule has 362 valence electrons. The zero-order valence-corrected chi connectivity index (χ0v) is 43.5. The number of aromatic nitrogens is 3. The van der Waals surface area contributed by atoms with Crippen molar-refractivity contribution in [3.8, 4) is 95.2 Å². The van der Waals surface area contributed by atoms with Crippen molar-refractivity contribution in [1.82, 2.24) is 14.5 Å². The van der Waals surface area contributed by atoms with Gasteiger partial charge in [-0.3, -0.25) is 0 Å². The highest BCUT2D eigenvalue weighted by atomic mass is 15.0. The van der Waals surface area contributed by atoms with Gasteiger partial charge in [0.05, 0.1) is 28.1 Å². The van der Waals surface area contributed by atoms with Crippen LogP contribution in [0.25, 0.3) is 117 Å². The number of benzene rings is 10. The van der Waals surface area contributed by atoms with E-state index in [4.69, 9.17) is 9.97 Å². The van der Waals surface area contributed by atoms with E-state index in [1.54, 1.807) is 0 Å². The van der Waals surface area contributed by atoms with Gasteiger partial charge in [0.15, 0.2) is 5.82 Å². The topological polar surface area (TPSA) is 30.7 Å².